The molecule has 1 aliphatic rings. The van der Waals surface area contributed by atoms with Gasteiger partial charge in [-0.2, -0.15) is 11.3 Å². The molecule has 4 heteroatoms. The zero-order chi connectivity index (χ0) is 13.9. The van der Waals surface area contributed by atoms with Gasteiger partial charge in [0.15, 0.2) is 0 Å². The second kappa shape index (κ2) is 5.77. The molecule has 2 N–H and O–H groups in total. The van der Waals surface area contributed by atoms with Crippen molar-refractivity contribution < 1.29 is 4.79 Å². The predicted octanol–water partition coefficient (Wildman–Crippen LogP) is 2.94. The first-order valence-electron chi connectivity index (χ1n) is 6.88. The van der Waals surface area contributed by atoms with E-state index >= 15 is 0 Å². The Labute approximate surface area is 123 Å². The maximum atomic E-state index is 12.7. The van der Waals surface area contributed by atoms with E-state index in [0.29, 0.717) is 12.6 Å². The monoisotopic (exact) mass is 286 g/mol. The summed E-state index contributed by atoms with van der Waals surface area (Å²) in [6, 6.07) is 11.5. The van der Waals surface area contributed by atoms with Crippen LogP contribution in [0.1, 0.15) is 30.0 Å². The number of amides is 1. The number of hydrogen-bond acceptors (Lipinski definition) is 3. The summed E-state index contributed by atoms with van der Waals surface area (Å²) in [7, 11) is 0. The summed E-state index contributed by atoms with van der Waals surface area (Å²) in [5, 5.41) is 4.14. The Bertz CT molecular complexity index is 563. The van der Waals surface area contributed by atoms with Crippen molar-refractivity contribution in [1.82, 2.24) is 4.90 Å². The van der Waals surface area contributed by atoms with Crippen molar-refractivity contribution in [2.45, 2.75) is 31.5 Å². The molecule has 1 saturated carbocycles. The van der Waals surface area contributed by atoms with E-state index < -0.39 is 6.04 Å². The molecule has 0 bridgehead atoms. The maximum absolute atomic E-state index is 12.7. The Kier molecular flexibility index (Phi) is 3.85. The average molecular weight is 286 g/mol. The highest BCUT2D eigenvalue weighted by molar-refractivity contribution is 7.07. The molecule has 0 spiro atoms. The summed E-state index contributed by atoms with van der Waals surface area (Å²) in [6.07, 6.45) is 2.19. The Hall–Kier alpha value is -1.65. The van der Waals surface area contributed by atoms with Gasteiger partial charge in [-0.3, -0.25) is 4.79 Å². The first-order valence-corrected chi connectivity index (χ1v) is 7.82. The van der Waals surface area contributed by atoms with Gasteiger partial charge in [-0.15, -0.1) is 0 Å². The molecule has 2 aromatic rings. The van der Waals surface area contributed by atoms with Crippen molar-refractivity contribution in [3.8, 4) is 0 Å². The van der Waals surface area contributed by atoms with E-state index in [1.807, 2.05) is 40.6 Å². The lowest BCUT2D eigenvalue weighted by Gasteiger charge is -2.25. The van der Waals surface area contributed by atoms with Crippen LogP contribution < -0.4 is 5.73 Å². The molecule has 104 valence electrons. The summed E-state index contributed by atoms with van der Waals surface area (Å²) >= 11 is 1.66. The minimum atomic E-state index is -0.560. The van der Waals surface area contributed by atoms with E-state index in [0.717, 1.165) is 18.4 Å². The molecular formula is C16H18N2OS. The van der Waals surface area contributed by atoms with Gasteiger partial charge in [-0.05, 0) is 40.8 Å². The van der Waals surface area contributed by atoms with E-state index in [9.17, 15) is 4.79 Å². The van der Waals surface area contributed by atoms with Crippen LogP contribution in [-0.4, -0.2) is 16.8 Å². The second-order valence-corrected chi connectivity index (χ2v) is 6.00. The zero-order valence-corrected chi connectivity index (χ0v) is 12.1. The molecule has 0 aliphatic heterocycles. The summed E-state index contributed by atoms with van der Waals surface area (Å²) in [5.74, 6) is 0.0323. The third-order valence-electron chi connectivity index (χ3n) is 3.63. The molecule has 1 amide bonds. The molecule has 1 heterocycles. The Balaban J connectivity index is 1.75. The highest BCUT2D eigenvalue weighted by Crippen LogP contribution is 2.30. The summed E-state index contributed by atoms with van der Waals surface area (Å²) in [6.45, 7) is 0.674. The van der Waals surface area contributed by atoms with Gasteiger partial charge in [0.25, 0.3) is 0 Å². The average Bonchev–Trinajstić information content (AvgIpc) is 3.21. The Morgan fingerprint density at radius 2 is 2.05 bits per heavy atom. The SMILES string of the molecule is NC(C(=O)N(Cc1ccsc1)C1CC1)c1ccccc1. The third kappa shape index (κ3) is 2.92. The minimum Gasteiger partial charge on any atom is -0.334 e. The topological polar surface area (TPSA) is 46.3 Å². The van der Waals surface area contributed by atoms with Gasteiger partial charge in [-0.1, -0.05) is 30.3 Å². The van der Waals surface area contributed by atoms with E-state index in [1.54, 1.807) is 11.3 Å². The summed E-state index contributed by atoms with van der Waals surface area (Å²) in [5.41, 5.74) is 8.22. The van der Waals surface area contributed by atoms with E-state index in [-0.39, 0.29) is 5.91 Å². The lowest BCUT2D eigenvalue weighted by molar-refractivity contribution is -0.134. The summed E-state index contributed by atoms with van der Waals surface area (Å²) in [4.78, 5) is 14.6. The Morgan fingerprint density at radius 1 is 1.30 bits per heavy atom. The fourth-order valence-corrected chi connectivity index (χ4v) is 2.99. The van der Waals surface area contributed by atoms with Gasteiger partial charge in [0.1, 0.15) is 6.04 Å². The van der Waals surface area contributed by atoms with Crippen LogP contribution in [0.4, 0.5) is 0 Å². The quantitative estimate of drug-likeness (QED) is 0.918. The molecule has 0 saturated heterocycles. The van der Waals surface area contributed by atoms with E-state index in [1.165, 1.54) is 5.56 Å². The van der Waals surface area contributed by atoms with Crippen LogP contribution in [0.25, 0.3) is 0 Å². The minimum absolute atomic E-state index is 0.0323. The van der Waals surface area contributed by atoms with Gasteiger partial charge < -0.3 is 10.6 Å². The summed E-state index contributed by atoms with van der Waals surface area (Å²) < 4.78 is 0. The fraction of sp³-hybridized carbons (Fsp3) is 0.312. The highest BCUT2D eigenvalue weighted by atomic mass is 32.1. The standard InChI is InChI=1S/C16H18N2OS/c17-15(13-4-2-1-3-5-13)16(19)18(14-6-7-14)10-12-8-9-20-11-12/h1-5,8-9,11,14-15H,6-7,10,17H2. The zero-order valence-electron chi connectivity index (χ0n) is 11.2. The largest absolute Gasteiger partial charge is 0.334 e. The maximum Gasteiger partial charge on any atom is 0.244 e. The first-order chi connectivity index (χ1) is 9.75. The number of carbonyl (C=O) groups excluding carboxylic acids is 1. The van der Waals surface area contributed by atoms with Crippen LogP contribution in [0, 0.1) is 0 Å². The van der Waals surface area contributed by atoms with Crippen molar-refractivity contribution in [3.63, 3.8) is 0 Å². The van der Waals surface area contributed by atoms with Gasteiger partial charge in [0.05, 0.1) is 0 Å². The van der Waals surface area contributed by atoms with Crippen LogP contribution in [-0.2, 0) is 11.3 Å². The second-order valence-electron chi connectivity index (χ2n) is 5.22. The number of hydrogen-bond donors (Lipinski definition) is 1. The van der Waals surface area contributed by atoms with E-state index in [2.05, 4.69) is 11.4 Å². The van der Waals surface area contributed by atoms with Crippen molar-refractivity contribution in [3.05, 3.63) is 58.3 Å². The smallest absolute Gasteiger partial charge is 0.244 e. The fourth-order valence-electron chi connectivity index (χ4n) is 2.33. The number of carbonyl (C=O) groups is 1. The van der Waals surface area contributed by atoms with Crippen LogP contribution in [0.5, 0.6) is 0 Å². The van der Waals surface area contributed by atoms with Gasteiger partial charge in [0, 0.05) is 12.6 Å². The predicted molar refractivity (Wildman–Crippen MR) is 81.3 cm³/mol. The van der Waals surface area contributed by atoms with Crippen LogP contribution in [0.15, 0.2) is 47.2 Å². The molecule has 1 aromatic carbocycles. The molecule has 1 unspecified atom stereocenters. The first kappa shape index (κ1) is 13.3. The van der Waals surface area contributed by atoms with Crippen molar-refractivity contribution in [1.29, 1.82) is 0 Å². The molecule has 0 radical (unpaired) electrons. The van der Waals surface area contributed by atoms with Gasteiger partial charge in [0.2, 0.25) is 5.91 Å². The molecule has 1 atom stereocenters. The highest BCUT2D eigenvalue weighted by Gasteiger charge is 2.35. The van der Waals surface area contributed by atoms with Crippen LogP contribution in [0.3, 0.4) is 0 Å². The Morgan fingerprint density at radius 3 is 2.65 bits per heavy atom. The molecule has 1 aromatic heterocycles. The molecule has 1 fully saturated rings. The number of nitrogens with two attached hydrogens (primary N) is 1. The molecule has 3 rings (SSSR count). The molecular weight excluding hydrogens is 268 g/mol. The van der Waals surface area contributed by atoms with Crippen molar-refractivity contribution in [2.75, 3.05) is 0 Å². The van der Waals surface area contributed by atoms with Gasteiger partial charge in [-0.25, -0.2) is 0 Å². The van der Waals surface area contributed by atoms with Crippen molar-refractivity contribution >= 4 is 17.2 Å². The van der Waals surface area contributed by atoms with E-state index in [4.69, 9.17) is 5.73 Å². The van der Waals surface area contributed by atoms with Crippen LogP contribution in [0.2, 0.25) is 0 Å². The molecule has 1 aliphatic carbocycles. The number of benzene rings is 1. The van der Waals surface area contributed by atoms with Crippen LogP contribution >= 0.6 is 11.3 Å². The molecule has 3 nitrogen and oxygen atoms in total. The molecule has 20 heavy (non-hydrogen) atoms. The number of nitrogens with zero attached hydrogens (tertiary/aromatic N) is 1. The lowest BCUT2D eigenvalue weighted by atomic mass is 10.1. The number of thiophene rings is 1. The normalized spacial score (nSPS) is 15.8. The van der Waals surface area contributed by atoms with Crippen molar-refractivity contribution in [2.24, 2.45) is 5.73 Å². The van der Waals surface area contributed by atoms with Gasteiger partial charge >= 0.3 is 0 Å². The lowest BCUT2D eigenvalue weighted by Crippen LogP contribution is -2.39. The third-order valence-corrected chi connectivity index (χ3v) is 4.36. The number of rotatable bonds is 5.